The number of aromatic carboxylic acids is 1. The summed E-state index contributed by atoms with van der Waals surface area (Å²) in [6.45, 7) is 5.25. The largest absolute Gasteiger partial charge is 0.477 e. The Morgan fingerprint density at radius 1 is 0.939 bits per heavy atom. The second-order valence-corrected chi connectivity index (χ2v) is 8.58. The highest BCUT2D eigenvalue weighted by atomic mass is 16.6. The minimum atomic E-state index is -1.22. The molecule has 4 rings (SSSR count). The van der Waals surface area contributed by atoms with Crippen molar-refractivity contribution < 1.29 is 38.1 Å². The highest BCUT2D eigenvalue weighted by Gasteiger charge is 2.29. The Morgan fingerprint density at radius 2 is 1.45 bits per heavy atom. The third kappa shape index (κ3) is 7.33. The van der Waals surface area contributed by atoms with Gasteiger partial charge in [-0.15, -0.1) is 0 Å². The molecule has 13 nitrogen and oxygen atoms in total. The predicted octanol–water partition coefficient (Wildman–Crippen LogP) is 2.18. The van der Waals surface area contributed by atoms with Crippen molar-refractivity contribution in [1.82, 2.24) is 20.9 Å². The minimum Gasteiger partial charge on any atom is -0.477 e. The van der Waals surface area contributed by atoms with Gasteiger partial charge in [0.15, 0.2) is 11.4 Å². The average molecular weight is 463 g/mol. The molecule has 3 amide bonds. The van der Waals surface area contributed by atoms with E-state index < -0.39 is 23.6 Å². The van der Waals surface area contributed by atoms with Crippen molar-refractivity contribution in [3.63, 3.8) is 0 Å². The molecule has 0 unspecified atom stereocenters. The van der Waals surface area contributed by atoms with Crippen molar-refractivity contribution in [2.45, 2.75) is 64.1 Å². The van der Waals surface area contributed by atoms with Gasteiger partial charge >= 0.3 is 12.1 Å². The van der Waals surface area contributed by atoms with E-state index in [1.165, 1.54) is 6.26 Å². The van der Waals surface area contributed by atoms with Crippen molar-refractivity contribution in [2.75, 3.05) is 5.32 Å². The standard InChI is InChI=1S/C12H17N3O4.C8H8N2O4/c1-12(2,3)19-11(17)14-8-6-18-15-9(8)10(16)13-7-4-5-7;11-7(9-4-1-2-4)6-5(8(12)13)3-14-10-6/h6-7H,4-5H2,1-3H3,(H,13,16)(H,14,17);3-4H,1-2H2,(H,9,11)(H,12,13). The van der Waals surface area contributed by atoms with Crippen molar-refractivity contribution in [3.05, 3.63) is 29.5 Å². The lowest BCUT2D eigenvalue weighted by Gasteiger charge is -2.19. The first-order valence-electron chi connectivity index (χ1n) is 10.3. The van der Waals surface area contributed by atoms with E-state index in [9.17, 15) is 19.2 Å². The maximum atomic E-state index is 11.8. The molecule has 0 aromatic carbocycles. The van der Waals surface area contributed by atoms with E-state index in [0.29, 0.717) is 0 Å². The number of hydrogen-bond acceptors (Lipinski definition) is 9. The van der Waals surface area contributed by atoms with Gasteiger partial charge in [-0.2, -0.15) is 0 Å². The van der Waals surface area contributed by atoms with Gasteiger partial charge in [0, 0.05) is 12.1 Å². The summed E-state index contributed by atoms with van der Waals surface area (Å²) < 4.78 is 14.2. The molecule has 0 atom stereocenters. The lowest BCUT2D eigenvalue weighted by atomic mass is 10.2. The third-order valence-electron chi connectivity index (χ3n) is 4.26. The van der Waals surface area contributed by atoms with Crippen LogP contribution in [-0.2, 0) is 4.74 Å². The van der Waals surface area contributed by atoms with Gasteiger partial charge in [-0.1, -0.05) is 10.3 Å². The lowest BCUT2D eigenvalue weighted by molar-refractivity contribution is 0.0633. The third-order valence-corrected chi connectivity index (χ3v) is 4.26. The molecule has 0 saturated heterocycles. The fraction of sp³-hybridized carbons (Fsp3) is 0.500. The number of ether oxygens (including phenoxy) is 1. The Morgan fingerprint density at radius 3 is 1.97 bits per heavy atom. The summed E-state index contributed by atoms with van der Waals surface area (Å²) in [7, 11) is 0. The average Bonchev–Trinajstić information content (AvgIpc) is 3.59. The van der Waals surface area contributed by atoms with E-state index in [2.05, 4.69) is 30.8 Å². The van der Waals surface area contributed by atoms with E-state index in [1.807, 2.05) is 0 Å². The van der Waals surface area contributed by atoms with Gasteiger partial charge in [-0.05, 0) is 46.5 Å². The Hall–Kier alpha value is -3.90. The summed E-state index contributed by atoms with van der Waals surface area (Å²) >= 11 is 0. The number of nitrogens with one attached hydrogen (secondary N) is 3. The minimum absolute atomic E-state index is 0.0535. The molecule has 0 aliphatic heterocycles. The number of aromatic nitrogens is 2. The second-order valence-electron chi connectivity index (χ2n) is 8.58. The first-order valence-corrected chi connectivity index (χ1v) is 10.3. The zero-order chi connectivity index (χ0) is 24.2. The van der Waals surface area contributed by atoms with Crippen molar-refractivity contribution in [3.8, 4) is 0 Å². The number of hydrogen-bond donors (Lipinski definition) is 4. The summed E-state index contributed by atoms with van der Waals surface area (Å²) in [5, 5.41) is 23.4. The number of carboxylic acid groups (broad SMARTS) is 1. The first-order chi connectivity index (χ1) is 15.5. The summed E-state index contributed by atoms with van der Waals surface area (Å²) in [5.41, 5.74) is -0.727. The van der Waals surface area contributed by atoms with Gasteiger partial charge in [0.2, 0.25) is 0 Å². The monoisotopic (exact) mass is 463 g/mol. The fourth-order valence-electron chi connectivity index (χ4n) is 2.42. The Labute approximate surface area is 188 Å². The molecule has 13 heteroatoms. The second kappa shape index (κ2) is 9.71. The van der Waals surface area contributed by atoms with E-state index in [4.69, 9.17) is 14.4 Å². The molecule has 178 valence electrons. The van der Waals surface area contributed by atoms with Crippen LogP contribution < -0.4 is 16.0 Å². The molecule has 2 aromatic heterocycles. The van der Waals surface area contributed by atoms with Crippen LogP contribution in [0.1, 0.15) is 77.8 Å². The Balaban J connectivity index is 0.000000194. The van der Waals surface area contributed by atoms with Gasteiger partial charge in [-0.3, -0.25) is 14.9 Å². The quantitative estimate of drug-likeness (QED) is 0.494. The lowest BCUT2D eigenvalue weighted by Crippen LogP contribution is -2.29. The van der Waals surface area contributed by atoms with Crippen LogP contribution in [0.15, 0.2) is 21.6 Å². The van der Waals surface area contributed by atoms with Crippen LogP contribution in [0.25, 0.3) is 0 Å². The van der Waals surface area contributed by atoms with Crippen LogP contribution in [0, 0.1) is 0 Å². The number of anilines is 1. The van der Waals surface area contributed by atoms with E-state index >= 15 is 0 Å². The van der Waals surface area contributed by atoms with Crippen molar-refractivity contribution >= 4 is 29.6 Å². The van der Waals surface area contributed by atoms with E-state index in [-0.39, 0.29) is 40.6 Å². The van der Waals surface area contributed by atoms with Crippen molar-refractivity contribution in [1.29, 1.82) is 0 Å². The molecule has 33 heavy (non-hydrogen) atoms. The zero-order valence-electron chi connectivity index (χ0n) is 18.3. The van der Waals surface area contributed by atoms with Crippen LogP contribution in [0.4, 0.5) is 10.5 Å². The van der Waals surface area contributed by atoms with Gasteiger partial charge in [0.05, 0.1) is 0 Å². The smallest absolute Gasteiger partial charge is 0.412 e. The molecule has 4 N–H and O–H groups in total. The topological polar surface area (TPSA) is 186 Å². The molecule has 0 bridgehead atoms. The zero-order valence-corrected chi connectivity index (χ0v) is 18.3. The molecule has 2 aliphatic rings. The molecule has 2 heterocycles. The van der Waals surface area contributed by atoms with Gasteiger partial charge < -0.3 is 29.5 Å². The molecular formula is C20H25N5O8. The Kier molecular flexibility index (Phi) is 6.99. The summed E-state index contributed by atoms with van der Waals surface area (Å²) in [4.78, 5) is 45.4. The van der Waals surface area contributed by atoms with Crippen LogP contribution in [0.2, 0.25) is 0 Å². The van der Waals surface area contributed by atoms with Gasteiger partial charge in [-0.25, -0.2) is 9.59 Å². The predicted molar refractivity (Wildman–Crippen MR) is 111 cm³/mol. The molecular weight excluding hydrogens is 438 g/mol. The summed E-state index contributed by atoms with van der Waals surface area (Å²) in [6.07, 6.45) is 5.31. The first kappa shape index (κ1) is 23.8. The van der Waals surface area contributed by atoms with Crippen LogP contribution in [0.3, 0.4) is 0 Å². The highest BCUT2D eigenvalue weighted by molar-refractivity contribution is 6.03. The molecule has 0 spiro atoms. The number of nitrogens with zero attached hydrogens (tertiary/aromatic N) is 2. The van der Waals surface area contributed by atoms with Gasteiger partial charge in [0.1, 0.15) is 29.4 Å². The van der Waals surface area contributed by atoms with Crippen LogP contribution in [0.5, 0.6) is 0 Å². The van der Waals surface area contributed by atoms with Crippen LogP contribution in [-0.4, -0.2) is 57.0 Å². The molecule has 2 saturated carbocycles. The molecule has 2 fully saturated rings. The number of rotatable bonds is 6. The molecule has 2 aromatic rings. The molecule has 0 radical (unpaired) electrons. The van der Waals surface area contributed by atoms with E-state index in [0.717, 1.165) is 31.9 Å². The summed E-state index contributed by atoms with van der Waals surface area (Å²) in [6, 6.07) is 0.374. The molecule has 2 aliphatic carbocycles. The fourth-order valence-corrected chi connectivity index (χ4v) is 2.42. The maximum Gasteiger partial charge on any atom is 0.412 e. The number of carbonyl (C=O) groups is 4. The highest BCUT2D eigenvalue weighted by Crippen LogP contribution is 2.22. The number of carboxylic acids is 1. The maximum absolute atomic E-state index is 11.8. The summed E-state index contributed by atoms with van der Waals surface area (Å²) in [5.74, 6) is -2.06. The normalized spacial score (nSPS) is 15.0. The number of amides is 3. The number of carbonyl (C=O) groups excluding carboxylic acids is 3. The van der Waals surface area contributed by atoms with Crippen LogP contribution >= 0.6 is 0 Å². The SMILES string of the molecule is CC(C)(C)OC(=O)Nc1conc1C(=O)NC1CC1.O=C(O)c1conc1C(=O)NC1CC1. The van der Waals surface area contributed by atoms with Crippen molar-refractivity contribution in [2.24, 2.45) is 0 Å². The Bertz CT molecular complexity index is 1030. The van der Waals surface area contributed by atoms with E-state index in [1.54, 1.807) is 20.8 Å². The van der Waals surface area contributed by atoms with Gasteiger partial charge in [0.25, 0.3) is 11.8 Å².